The second-order valence-corrected chi connectivity index (χ2v) is 9.99. The molecule has 8 nitrogen and oxygen atoms in total. The van der Waals surface area contributed by atoms with Gasteiger partial charge in [0, 0.05) is 13.2 Å². The van der Waals surface area contributed by atoms with Crippen molar-refractivity contribution >= 4 is 13.2 Å². The highest BCUT2D eigenvalue weighted by Gasteiger charge is 2.51. The van der Waals surface area contributed by atoms with E-state index >= 15 is 0 Å². The lowest BCUT2D eigenvalue weighted by Gasteiger charge is -2.32. The second kappa shape index (κ2) is 10.6. The molecule has 1 N–H and O–H groups in total. The molecule has 2 heterocycles. The molecule has 0 radical (unpaired) electrons. The van der Waals surface area contributed by atoms with Gasteiger partial charge in [0.25, 0.3) is 0 Å². The summed E-state index contributed by atoms with van der Waals surface area (Å²) in [6.07, 6.45) is 2.77. The molecular formula is C21H40BNO7. The molecule has 2 aliphatic rings. The second-order valence-electron chi connectivity index (χ2n) is 9.99. The largest absolute Gasteiger partial charge is 0.485 e. The molecule has 2 rings (SSSR count). The van der Waals surface area contributed by atoms with Gasteiger partial charge < -0.3 is 33.6 Å². The van der Waals surface area contributed by atoms with E-state index in [2.05, 4.69) is 5.32 Å². The van der Waals surface area contributed by atoms with Crippen LogP contribution in [0.4, 0.5) is 4.79 Å². The van der Waals surface area contributed by atoms with Crippen molar-refractivity contribution in [2.45, 2.75) is 103 Å². The van der Waals surface area contributed by atoms with Gasteiger partial charge in [-0.1, -0.05) is 0 Å². The zero-order valence-corrected chi connectivity index (χ0v) is 19.7. The Hall–Kier alpha value is -0.865. The average Bonchev–Trinajstić information content (AvgIpc) is 2.83. The summed E-state index contributed by atoms with van der Waals surface area (Å²) < 4.78 is 34.9. The lowest BCUT2D eigenvalue weighted by molar-refractivity contribution is -0.179. The van der Waals surface area contributed by atoms with E-state index in [1.165, 1.54) is 0 Å². The third kappa shape index (κ3) is 8.34. The molecule has 1 unspecified atom stereocenters. The van der Waals surface area contributed by atoms with Crippen LogP contribution in [0, 0.1) is 0 Å². The molecule has 9 heteroatoms. The molecule has 2 saturated heterocycles. The molecule has 30 heavy (non-hydrogen) atoms. The predicted octanol–water partition coefficient (Wildman–Crippen LogP) is 3.46. The molecule has 0 aliphatic carbocycles. The summed E-state index contributed by atoms with van der Waals surface area (Å²) in [7, 11) is -0.442. The Morgan fingerprint density at radius 2 is 1.83 bits per heavy atom. The minimum absolute atomic E-state index is 0.194. The highest BCUT2D eigenvalue weighted by Crippen LogP contribution is 2.36. The van der Waals surface area contributed by atoms with E-state index in [4.69, 9.17) is 28.3 Å². The summed E-state index contributed by atoms with van der Waals surface area (Å²) in [5, 5.41) is 2.77. The number of carbonyl (C=O) groups excluding carboxylic acids is 1. The third-order valence-electron chi connectivity index (χ3n) is 5.51. The van der Waals surface area contributed by atoms with Gasteiger partial charge in [-0.25, -0.2) is 4.79 Å². The zero-order valence-electron chi connectivity index (χ0n) is 19.7. The van der Waals surface area contributed by atoms with Gasteiger partial charge in [0.1, 0.15) is 5.60 Å². The van der Waals surface area contributed by atoms with Gasteiger partial charge >= 0.3 is 13.2 Å². The third-order valence-corrected chi connectivity index (χ3v) is 5.51. The standard InChI is InChI=1S/C21H40BNO7/c1-19(2,3)28-18(24)23-12-11-16(14-26-17-10-8-9-13-25-17)27-15-22-29-20(4,5)21(6,7)30-22/h16-17H,8-15H2,1-7H3,(H,23,24)/t16-,17?/m1/s1. The minimum atomic E-state index is -0.530. The molecule has 1 amide bonds. The van der Waals surface area contributed by atoms with Gasteiger partial charge in [0.15, 0.2) is 6.29 Å². The van der Waals surface area contributed by atoms with Crippen LogP contribution in [0.5, 0.6) is 0 Å². The molecule has 0 aromatic carbocycles. The summed E-state index contributed by atoms with van der Waals surface area (Å²) >= 11 is 0. The van der Waals surface area contributed by atoms with E-state index < -0.39 is 30.0 Å². The number of ether oxygens (including phenoxy) is 4. The first-order chi connectivity index (χ1) is 13.9. The van der Waals surface area contributed by atoms with Crippen LogP contribution in [0.25, 0.3) is 0 Å². The first-order valence-corrected chi connectivity index (χ1v) is 11.1. The Kier molecular flexibility index (Phi) is 9.00. The normalized spacial score (nSPS) is 24.5. The minimum Gasteiger partial charge on any atom is -0.444 e. The summed E-state index contributed by atoms with van der Waals surface area (Å²) in [5.41, 5.74) is -1.33. The quantitative estimate of drug-likeness (QED) is 0.562. The molecule has 0 bridgehead atoms. The molecule has 0 spiro atoms. The number of hydrogen-bond donors (Lipinski definition) is 1. The average molecular weight is 429 g/mol. The Bertz CT molecular complexity index is 528. The maximum Gasteiger partial charge on any atom is 0.485 e. The van der Waals surface area contributed by atoms with Crippen LogP contribution < -0.4 is 5.32 Å². The zero-order chi connectivity index (χ0) is 22.4. The van der Waals surface area contributed by atoms with Crippen molar-refractivity contribution in [3.05, 3.63) is 0 Å². The fourth-order valence-corrected chi connectivity index (χ4v) is 3.17. The molecule has 2 fully saturated rings. The Morgan fingerprint density at radius 3 is 2.40 bits per heavy atom. The maximum absolute atomic E-state index is 11.9. The van der Waals surface area contributed by atoms with E-state index in [9.17, 15) is 4.79 Å². The van der Waals surface area contributed by atoms with E-state index in [0.717, 1.165) is 25.9 Å². The van der Waals surface area contributed by atoms with Crippen LogP contribution in [-0.2, 0) is 28.3 Å². The van der Waals surface area contributed by atoms with Crippen LogP contribution in [-0.4, -0.2) is 68.7 Å². The van der Waals surface area contributed by atoms with Crippen molar-refractivity contribution in [2.24, 2.45) is 0 Å². The first-order valence-electron chi connectivity index (χ1n) is 11.1. The summed E-state index contributed by atoms with van der Waals surface area (Å²) in [6.45, 7) is 15.4. The molecule has 0 saturated carbocycles. The van der Waals surface area contributed by atoms with Gasteiger partial charge in [-0.05, 0) is 74.1 Å². The number of hydrogen-bond acceptors (Lipinski definition) is 7. The van der Waals surface area contributed by atoms with Crippen molar-refractivity contribution in [3.8, 4) is 0 Å². The number of carbonyl (C=O) groups is 1. The predicted molar refractivity (Wildman–Crippen MR) is 114 cm³/mol. The smallest absolute Gasteiger partial charge is 0.444 e. The number of rotatable bonds is 9. The number of alkyl carbamates (subject to hydrolysis) is 1. The van der Waals surface area contributed by atoms with E-state index in [1.54, 1.807) is 0 Å². The Morgan fingerprint density at radius 1 is 1.17 bits per heavy atom. The van der Waals surface area contributed by atoms with Gasteiger partial charge in [0.05, 0.1) is 30.4 Å². The van der Waals surface area contributed by atoms with Crippen LogP contribution in [0.2, 0.25) is 0 Å². The van der Waals surface area contributed by atoms with Crippen molar-refractivity contribution in [1.29, 1.82) is 0 Å². The van der Waals surface area contributed by atoms with Crippen LogP contribution in [0.3, 0.4) is 0 Å². The molecule has 2 aliphatic heterocycles. The molecule has 174 valence electrons. The SMILES string of the molecule is CC(C)(C)OC(=O)NCC[C@H](COC1CCCCO1)OCB1OC(C)(C)C(C)(C)O1. The van der Waals surface area contributed by atoms with Gasteiger partial charge in [-0.2, -0.15) is 0 Å². The van der Waals surface area contributed by atoms with Crippen molar-refractivity contribution in [3.63, 3.8) is 0 Å². The van der Waals surface area contributed by atoms with Crippen LogP contribution in [0.15, 0.2) is 0 Å². The first kappa shape index (κ1) is 25.4. The highest BCUT2D eigenvalue weighted by atomic mass is 16.7. The highest BCUT2D eigenvalue weighted by molar-refractivity contribution is 6.45. The van der Waals surface area contributed by atoms with Crippen LogP contribution >= 0.6 is 0 Å². The van der Waals surface area contributed by atoms with Crippen molar-refractivity contribution in [1.82, 2.24) is 5.32 Å². The fourth-order valence-electron chi connectivity index (χ4n) is 3.17. The van der Waals surface area contributed by atoms with E-state index in [-0.39, 0.29) is 12.4 Å². The lowest BCUT2D eigenvalue weighted by atomic mass is 9.90. The summed E-state index contributed by atoms with van der Waals surface area (Å²) in [6, 6.07) is 0. The fraction of sp³-hybridized carbons (Fsp3) is 0.952. The Labute approximate surface area is 181 Å². The monoisotopic (exact) mass is 429 g/mol. The Balaban J connectivity index is 1.81. The van der Waals surface area contributed by atoms with Crippen molar-refractivity contribution in [2.75, 3.05) is 26.3 Å². The number of nitrogens with one attached hydrogen (secondary N) is 1. The molecule has 0 aromatic rings. The molecular weight excluding hydrogens is 389 g/mol. The molecule has 2 atom stereocenters. The van der Waals surface area contributed by atoms with Crippen LogP contribution in [0.1, 0.15) is 74.1 Å². The van der Waals surface area contributed by atoms with E-state index in [1.807, 2.05) is 48.5 Å². The van der Waals surface area contributed by atoms with Gasteiger partial charge in [-0.15, -0.1) is 0 Å². The molecule has 0 aromatic heterocycles. The maximum atomic E-state index is 11.9. The lowest BCUT2D eigenvalue weighted by Crippen LogP contribution is -2.41. The van der Waals surface area contributed by atoms with E-state index in [0.29, 0.717) is 26.1 Å². The summed E-state index contributed by atoms with van der Waals surface area (Å²) in [5.74, 6) is 0. The van der Waals surface area contributed by atoms with Gasteiger partial charge in [-0.3, -0.25) is 0 Å². The summed E-state index contributed by atoms with van der Waals surface area (Å²) in [4.78, 5) is 11.9. The van der Waals surface area contributed by atoms with Crippen molar-refractivity contribution < 1.29 is 33.1 Å². The number of amides is 1. The topological polar surface area (TPSA) is 84.5 Å². The van der Waals surface area contributed by atoms with Gasteiger partial charge in [0.2, 0.25) is 0 Å².